The van der Waals surface area contributed by atoms with Gasteiger partial charge in [-0.2, -0.15) is 0 Å². The number of nitrogens with zero attached hydrogens (tertiary/aromatic N) is 1. The summed E-state index contributed by atoms with van der Waals surface area (Å²) < 4.78 is 0. The Hall–Kier alpha value is -2.35. The zero-order valence-corrected chi connectivity index (χ0v) is 13.6. The molecule has 1 saturated heterocycles. The third kappa shape index (κ3) is 3.70. The molecule has 1 amide bonds. The van der Waals surface area contributed by atoms with Crippen LogP contribution in [0.1, 0.15) is 25.3 Å². The van der Waals surface area contributed by atoms with E-state index in [1.165, 1.54) is 16.7 Å². The van der Waals surface area contributed by atoms with Crippen LogP contribution in [0.5, 0.6) is 0 Å². The molecule has 1 unspecified atom stereocenters. The van der Waals surface area contributed by atoms with Crippen LogP contribution < -0.4 is 0 Å². The third-order valence-electron chi connectivity index (χ3n) is 4.41. The van der Waals surface area contributed by atoms with E-state index in [2.05, 4.69) is 61.5 Å². The lowest BCUT2D eigenvalue weighted by molar-refractivity contribution is -0.128. The highest BCUT2D eigenvalue weighted by atomic mass is 16.2. The van der Waals surface area contributed by atoms with Gasteiger partial charge in [-0.05, 0) is 36.0 Å². The lowest BCUT2D eigenvalue weighted by Crippen LogP contribution is -2.22. The minimum atomic E-state index is 0.124. The molecule has 0 bridgehead atoms. The smallest absolute Gasteiger partial charge is 0.230 e. The zero-order chi connectivity index (χ0) is 16.1. The van der Waals surface area contributed by atoms with Crippen molar-refractivity contribution in [1.29, 1.82) is 0 Å². The van der Waals surface area contributed by atoms with Crippen molar-refractivity contribution in [3.8, 4) is 11.1 Å². The van der Waals surface area contributed by atoms with Gasteiger partial charge < -0.3 is 4.90 Å². The molecule has 23 heavy (non-hydrogen) atoms. The molecule has 1 atom stereocenters. The van der Waals surface area contributed by atoms with Crippen molar-refractivity contribution >= 4 is 5.91 Å². The fourth-order valence-electron chi connectivity index (χ4n) is 3.08. The molecule has 1 fully saturated rings. The Morgan fingerprint density at radius 2 is 1.74 bits per heavy atom. The summed E-state index contributed by atoms with van der Waals surface area (Å²) in [6.45, 7) is 2.94. The first kappa shape index (κ1) is 15.5. The lowest BCUT2D eigenvalue weighted by Gasteiger charge is -2.12. The zero-order valence-electron chi connectivity index (χ0n) is 13.6. The Morgan fingerprint density at radius 1 is 1.04 bits per heavy atom. The van der Waals surface area contributed by atoms with Gasteiger partial charge in [-0.3, -0.25) is 4.79 Å². The minimum absolute atomic E-state index is 0.124. The molecule has 0 N–H and O–H groups in total. The van der Waals surface area contributed by atoms with E-state index >= 15 is 0 Å². The quantitative estimate of drug-likeness (QED) is 0.786. The second kappa shape index (κ2) is 7.28. The number of hydrogen-bond donors (Lipinski definition) is 0. The standard InChI is InChI=1S/C21H23NO/c1-2-3-14-22-15-13-20(21(22)23)16-17-9-11-19(12-10-17)18-7-5-4-6-8-18/h3-12,14,20H,2,13,15-16H2,1H3/b14-3+. The van der Waals surface area contributed by atoms with Crippen LogP contribution >= 0.6 is 0 Å². The molecule has 0 spiro atoms. The van der Waals surface area contributed by atoms with E-state index in [1.807, 2.05) is 17.2 Å². The number of allylic oxidation sites excluding steroid dienone is 1. The highest BCUT2D eigenvalue weighted by molar-refractivity contribution is 5.82. The van der Waals surface area contributed by atoms with E-state index in [9.17, 15) is 4.79 Å². The van der Waals surface area contributed by atoms with Crippen LogP contribution in [-0.4, -0.2) is 17.4 Å². The molecule has 0 saturated carbocycles. The Bertz CT molecular complexity index is 673. The van der Waals surface area contributed by atoms with Crippen molar-refractivity contribution in [2.45, 2.75) is 26.2 Å². The normalized spacial score (nSPS) is 18.0. The number of amides is 1. The monoisotopic (exact) mass is 305 g/mol. The summed E-state index contributed by atoms with van der Waals surface area (Å²) in [6, 6.07) is 19.0. The van der Waals surface area contributed by atoms with Gasteiger partial charge in [-0.25, -0.2) is 0 Å². The van der Waals surface area contributed by atoms with Crippen LogP contribution in [-0.2, 0) is 11.2 Å². The van der Waals surface area contributed by atoms with Gasteiger partial charge in [0.05, 0.1) is 0 Å². The molecule has 0 aromatic heterocycles. The van der Waals surface area contributed by atoms with Crippen LogP contribution in [0.4, 0.5) is 0 Å². The van der Waals surface area contributed by atoms with E-state index in [0.29, 0.717) is 0 Å². The molecule has 2 nitrogen and oxygen atoms in total. The van der Waals surface area contributed by atoms with E-state index < -0.39 is 0 Å². The Balaban J connectivity index is 1.65. The topological polar surface area (TPSA) is 20.3 Å². The number of likely N-dealkylation sites (tertiary alicyclic amines) is 1. The molecule has 3 rings (SSSR count). The molecule has 2 aromatic rings. The molecule has 1 aliphatic heterocycles. The Kier molecular flexibility index (Phi) is 4.92. The fraction of sp³-hybridized carbons (Fsp3) is 0.286. The molecular formula is C21H23NO. The van der Waals surface area contributed by atoms with Crippen molar-refractivity contribution in [2.24, 2.45) is 5.92 Å². The van der Waals surface area contributed by atoms with E-state index in [-0.39, 0.29) is 11.8 Å². The summed E-state index contributed by atoms with van der Waals surface area (Å²) in [6.07, 6.45) is 6.75. The number of hydrogen-bond acceptors (Lipinski definition) is 1. The summed E-state index contributed by atoms with van der Waals surface area (Å²) in [5.74, 6) is 0.390. The van der Waals surface area contributed by atoms with Gasteiger partial charge in [0, 0.05) is 18.7 Å². The minimum Gasteiger partial charge on any atom is -0.319 e. The number of carbonyl (C=O) groups excluding carboxylic acids is 1. The van der Waals surface area contributed by atoms with Gasteiger partial charge in [0.2, 0.25) is 5.91 Å². The summed E-state index contributed by atoms with van der Waals surface area (Å²) in [4.78, 5) is 14.2. The van der Waals surface area contributed by atoms with Crippen molar-refractivity contribution < 1.29 is 4.79 Å². The van der Waals surface area contributed by atoms with Crippen LogP contribution in [0.2, 0.25) is 0 Å². The lowest BCUT2D eigenvalue weighted by atomic mass is 9.96. The summed E-state index contributed by atoms with van der Waals surface area (Å²) >= 11 is 0. The molecule has 2 aromatic carbocycles. The second-order valence-electron chi connectivity index (χ2n) is 6.08. The largest absolute Gasteiger partial charge is 0.319 e. The molecule has 0 radical (unpaired) electrons. The Morgan fingerprint density at radius 3 is 2.43 bits per heavy atom. The van der Waals surface area contributed by atoms with Gasteiger partial charge in [0.15, 0.2) is 0 Å². The van der Waals surface area contributed by atoms with E-state index in [0.717, 1.165) is 25.8 Å². The molecular weight excluding hydrogens is 282 g/mol. The van der Waals surface area contributed by atoms with Gasteiger partial charge >= 0.3 is 0 Å². The summed E-state index contributed by atoms with van der Waals surface area (Å²) in [5, 5.41) is 0. The van der Waals surface area contributed by atoms with E-state index in [1.54, 1.807) is 0 Å². The van der Waals surface area contributed by atoms with Crippen molar-refractivity contribution in [3.05, 3.63) is 72.4 Å². The number of benzene rings is 2. The first-order valence-corrected chi connectivity index (χ1v) is 8.39. The van der Waals surface area contributed by atoms with Gasteiger partial charge in [0.1, 0.15) is 0 Å². The third-order valence-corrected chi connectivity index (χ3v) is 4.41. The molecule has 1 aliphatic rings. The average molecular weight is 305 g/mol. The number of rotatable bonds is 5. The molecule has 118 valence electrons. The average Bonchev–Trinajstić information content (AvgIpc) is 2.94. The van der Waals surface area contributed by atoms with Gasteiger partial charge in [0.25, 0.3) is 0 Å². The molecule has 0 aliphatic carbocycles. The summed E-state index contributed by atoms with van der Waals surface area (Å²) in [7, 11) is 0. The van der Waals surface area contributed by atoms with Crippen LogP contribution in [0.25, 0.3) is 11.1 Å². The fourth-order valence-corrected chi connectivity index (χ4v) is 3.08. The molecule has 1 heterocycles. The highest BCUT2D eigenvalue weighted by Gasteiger charge is 2.30. The SMILES string of the molecule is CC/C=C/N1CCC(Cc2ccc(-c3ccccc3)cc2)C1=O. The predicted molar refractivity (Wildman–Crippen MR) is 94.8 cm³/mol. The first-order valence-electron chi connectivity index (χ1n) is 8.39. The maximum Gasteiger partial charge on any atom is 0.230 e. The predicted octanol–water partition coefficient (Wildman–Crippen LogP) is 4.67. The van der Waals surface area contributed by atoms with Crippen molar-refractivity contribution in [3.63, 3.8) is 0 Å². The Labute approximate surface area is 138 Å². The van der Waals surface area contributed by atoms with Crippen molar-refractivity contribution in [2.75, 3.05) is 6.54 Å². The maximum absolute atomic E-state index is 12.4. The number of carbonyl (C=O) groups is 1. The highest BCUT2D eigenvalue weighted by Crippen LogP contribution is 2.25. The summed E-state index contributed by atoms with van der Waals surface area (Å²) in [5.41, 5.74) is 3.69. The molecule has 2 heteroatoms. The van der Waals surface area contributed by atoms with Gasteiger partial charge in [-0.1, -0.05) is 67.6 Å². The maximum atomic E-state index is 12.4. The van der Waals surface area contributed by atoms with Gasteiger partial charge in [-0.15, -0.1) is 0 Å². The first-order chi connectivity index (χ1) is 11.3. The second-order valence-corrected chi connectivity index (χ2v) is 6.08. The van der Waals surface area contributed by atoms with Crippen molar-refractivity contribution in [1.82, 2.24) is 4.90 Å². The van der Waals surface area contributed by atoms with Crippen LogP contribution in [0.3, 0.4) is 0 Å². The van der Waals surface area contributed by atoms with E-state index in [4.69, 9.17) is 0 Å². The van der Waals surface area contributed by atoms with Crippen LogP contribution in [0, 0.1) is 5.92 Å². The van der Waals surface area contributed by atoms with Crippen LogP contribution in [0.15, 0.2) is 66.9 Å².